The Hall–Kier alpha value is -4.69. The van der Waals surface area contributed by atoms with E-state index in [1.807, 2.05) is 18.5 Å². The van der Waals surface area contributed by atoms with Crippen LogP contribution < -0.4 is 0 Å². The third-order valence-corrected chi connectivity index (χ3v) is 11.8. The summed E-state index contributed by atoms with van der Waals surface area (Å²) in [5, 5.41) is 2.63. The van der Waals surface area contributed by atoms with E-state index in [1.54, 1.807) is 0 Å². The maximum absolute atomic E-state index is 4.97. The minimum atomic E-state index is -0.154. The van der Waals surface area contributed by atoms with Gasteiger partial charge in [0.05, 0.1) is 0 Å². The molecule has 0 N–H and O–H groups in total. The molecule has 3 heteroatoms. The van der Waals surface area contributed by atoms with E-state index in [-0.39, 0.29) is 41.8 Å². The molecule has 9 rings (SSSR count). The molecule has 5 aromatic carbocycles. The fourth-order valence-corrected chi connectivity index (χ4v) is 8.72. The summed E-state index contributed by atoms with van der Waals surface area (Å²) in [5.74, 6) is 0. The van der Waals surface area contributed by atoms with E-state index < -0.39 is 0 Å². The van der Waals surface area contributed by atoms with Crippen LogP contribution in [-0.2, 0) is 41.8 Å². The van der Waals surface area contributed by atoms with Crippen molar-refractivity contribution in [1.29, 1.82) is 0 Å². The molecule has 0 saturated carbocycles. The zero-order valence-electron chi connectivity index (χ0n) is 33.8. The zero-order chi connectivity index (χ0) is 38.2. The first kappa shape index (κ1) is 38.6. The molecule has 1 radical (unpaired) electrons. The van der Waals surface area contributed by atoms with Crippen LogP contribution in [0.1, 0.15) is 103 Å². The summed E-state index contributed by atoms with van der Waals surface area (Å²) in [7, 11) is 0. The number of hydrogen-bond acceptors (Lipinski definition) is 2. The molecule has 7 aromatic rings. The first-order valence-electron chi connectivity index (χ1n) is 19.2. The number of nitrogens with zero attached hydrogens (tertiary/aromatic N) is 2. The number of benzene rings is 5. The van der Waals surface area contributed by atoms with Crippen LogP contribution in [0.3, 0.4) is 0 Å². The molecule has 0 aliphatic heterocycles. The third-order valence-electron chi connectivity index (χ3n) is 11.8. The largest absolute Gasteiger partial charge is 0.305 e. The summed E-state index contributed by atoms with van der Waals surface area (Å²) in [6, 6.07) is 46.4. The first-order valence-corrected chi connectivity index (χ1v) is 19.2. The number of rotatable bonds is 2. The number of hydrogen-bond donors (Lipinski definition) is 0. The van der Waals surface area contributed by atoms with Crippen LogP contribution in [-0.4, -0.2) is 9.97 Å². The smallest absolute Gasteiger partial charge is 0.0167 e. The number of aromatic nitrogens is 2. The normalized spacial score (nSPS) is 14.5. The Bertz CT molecular complexity index is 2520. The first-order chi connectivity index (χ1) is 25.6. The fourth-order valence-electron chi connectivity index (χ4n) is 8.72. The van der Waals surface area contributed by atoms with E-state index in [0.717, 1.165) is 22.5 Å². The average molecular weight is 895 g/mol. The second kappa shape index (κ2) is 13.8. The Kier molecular flexibility index (Phi) is 9.68. The van der Waals surface area contributed by atoms with E-state index in [2.05, 4.69) is 189 Å². The molecule has 0 bridgehead atoms. The van der Waals surface area contributed by atoms with Crippen molar-refractivity contribution in [3.8, 4) is 44.8 Å². The summed E-state index contributed by atoms with van der Waals surface area (Å²) in [6.45, 7) is 22.7. The van der Waals surface area contributed by atoms with Gasteiger partial charge in [0, 0.05) is 37.9 Å². The monoisotopic (exact) mass is 895 g/mol. The molecule has 55 heavy (non-hydrogen) atoms. The van der Waals surface area contributed by atoms with Crippen LogP contribution in [0.5, 0.6) is 0 Å². The van der Waals surface area contributed by atoms with Crippen LogP contribution >= 0.6 is 0 Å². The van der Waals surface area contributed by atoms with Gasteiger partial charge in [-0.15, -0.1) is 64.7 Å². The molecule has 0 amide bonds. The standard InChI is InChI=1S/C33H26N.C19H24N.Ir/c1-32(2)27-12-8-7-11-23(27)26-19-21(14-16-28(26)32)31-30-25(17-18-34-31)24-15-13-20-9-5-6-10-22(20)29(24)33(30,3)4;1-18(2,3)15-9-7-8-14(12-15)17-13-16(10-11-20-17)19(4,5)6;/h5-13,15-19H,1-4H3;7,9-13H,1-6H3;/q2*-1;. The Morgan fingerprint density at radius 3 is 1.96 bits per heavy atom. The molecule has 2 heterocycles. The molecule has 2 aliphatic carbocycles. The van der Waals surface area contributed by atoms with E-state index in [4.69, 9.17) is 4.98 Å². The second-order valence-electron chi connectivity index (χ2n) is 18.2. The van der Waals surface area contributed by atoms with Gasteiger partial charge in [0.2, 0.25) is 0 Å². The quantitative estimate of drug-likeness (QED) is 0.162. The Morgan fingerprint density at radius 1 is 0.527 bits per heavy atom. The van der Waals surface area contributed by atoms with Crippen molar-refractivity contribution in [2.75, 3.05) is 0 Å². The van der Waals surface area contributed by atoms with Crippen molar-refractivity contribution in [3.05, 3.63) is 167 Å². The predicted octanol–water partition coefficient (Wildman–Crippen LogP) is 13.5. The summed E-state index contributed by atoms with van der Waals surface area (Å²) in [5.41, 5.74) is 17.7. The van der Waals surface area contributed by atoms with Crippen LogP contribution in [0.4, 0.5) is 0 Å². The molecule has 0 atom stereocenters. The molecule has 0 unspecified atom stereocenters. The van der Waals surface area contributed by atoms with Crippen molar-refractivity contribution < 1.29 is 20.1 Å². The van der Waals surface area contributed by atoms with Gasteiger partial charge >= 0.3 is 0 Å². The van der Waals surface area contributed by atoms with E-state index in [1.165, 1.54) is 66.4 Å². The molecule has 0 saturated heterocycles. The molecule has 2 aliphatic rings. The fraction of sp³-hybridized carbons (Fsp3) is 0.269. The molecule has 2 aromatic heterocycles. The molecule has 0 spiro atoms. The average Bonchev–Trinajstić information content (AvgIpc) is 3.54. The Balaban J connectivity index is 0.000000191. The predicted molar refractivity (Wildman–Crippen MR) is 227 cm³/mol. The number of fused-ring (bicyclic) bond motifs is 8. The van der Waals surface area contributed by atoms with Gasteiger partial charge in [-0.3, -0.25) is 0 Å². The molecular weight excluding hydrogens is 845 g/mol. The number of pyridine rings is 2. The van der Waals surface area contributed by atoms with Crippen LogP contribution in [0.2, 0.25) is 0 Å². The summed E-state index contributed by atoms with van der Waals surface area (Å²) < 4.78 is 0. The van der Waals surface area contributed by atoms with E-state index in [9.17, 15) is 0 Å². The molecule has 0 fully saturated rings. The summed E-state index contributed by atoms with van der Waals surface area (Å²) in [6.07, 6.45) is 3.86. The summed E-state index contributed by atoms with van der Waals surface area (Å²) >= 11 is 0. The van der Waals surface area contributed by atoms with Crippen molar-refractivity contribution in [3.63, 3.8) is 0 Å². The minimum Gasteiger partial charge on any atom is -0.305 e. The Labute approximate surface area is 341 Å². The summed E-state index contributed by atoms with van der Waals surface area (Å²) in [4.78, 5) is 9.48. The van der Waals surface area contributed by atoms with Gasteiger partial charge in [-0.1, -0.05) is 142 Å². The van der Waals surface area contributed by atoms with Crippen molar-refractivity contribution in [2.24, 2.45) is 0 Å². The minimum absolute atomic E-state index is 0. The van der Waals surface area contributed by atoms with Crippen molar-refractivity contribution >= 4 is 10.8 Å². The molecule has 2 nitrogen and oxygen atoms in total. The topological polar surface area (TPSA) is 25.8 Å². The van der Waals surface area contributed by atoms with Crippen molar-refractivity contribution in [1.82, 2.24) is 9.97 Å². The molecular formula is C52H50IrN2-2. The van der Waals surface area contributed by atoms with E-state index >= 15 is 0 Å². The maximum atomic E-state index is 4.97. The van der Waals surface area contributed by atoms with Crippen molar-refractivity contribution in [2.45, 2.75) is 90.9 Å². The molecule has 279 valence electrons. The van der Waals surface area contributed by atoms with Gasteiger partial charge in [-0.05, 0) is 89.5 Å². The van der Waals surface area contributed by atoms with Crippen LogP contribution in [0.25, 0.3) is 55.5 Å². The second-order valence-corrected chi connectivity index (χ2v) is 18.2. The van der Waals surface area contributed by atoms with Gasteiger partial charge in [-0.25, -0.2) is 0 Å². The van der Waals surface area contributed by atoms with Crippen LogP contribution in [0, 0.1) is 12.1 Å². The zero-order valence-corrected chi connectivity index (χ0v) is 36.2. The maximum Gasteiger partial charge on any atom is 0.0167 e. The van der Waals surface area contributed by atoms with Gasteiger partial charge in [0.1, 0.15) is 0 Å². The Morgan fingerprint density at radius 2 is 1.20 bits per heavy atom. The van der Waals surface area contributed by atoms with Gasteiger partial charge in [0.25, 0.3) is 0 Å². The van der Waals surface area contributed by atoms with Gasteiger partial charge in [-0.2, -0.15) is 0 Å². The van der Waals surface area contributed by atoms with Gasteiger partial charge in [0.15, 0.2) is 0 Å². The van der Waals surface area contributed by atoms with E-state index in [0.29, 0.717) is 0 Å². The van der Waals surface area contributed by atoms with Gasteiger partial charge < -0.3 is 9.97 Å². The van der Waals surface area contributed by atoms with Crippen LogP contribution in [0.15, 0.2) is 122 Å². The SMILES string of the molecule is CC(C)(C)c1cc[c-]c(-c2cc(C(C)(C)C)ccn2)c1.CC1(C)c2c[c-]c(-c3nccc4c3C(C)(C)c3c-4ccc4ccccc34)cc2-c2ccccc21.[Ir]. The third kappa shape index (κ3) is 6.60.